The van der Waals surface area contributed by atoms with Crippen molar-refractivity contribution < 1.29 is 4.79 Å². The number of carbonyl (C=O) groups excluding carboxylic acids is 1. The van der Waals surface area contributed by atoms with Crippen molar-refractivity contribution in [2.24, 2.45) is 0 Å². The average Bonchev–Trinajstić information content (AvgIpc) is 2.88. The fourth-order valence-electron chi connectivity index (χ4n) is 4.13. The lowest BCUT2D eigenvalue weighted by Gasteiger charge is -2.37. The molecule has 2 aromatic carbocycles. The second-order valence-electron chi connectivity index (χ2n) is 7.88. The minimum absolute atomic E-state index is 0.245. The van der Waals surface area contributed by atoms with Crippen LogP contribution in [-0.2, 0) is 6.54 Å². The summed E-state index contributed by atoms with van der Waals surface area (Å²) in [5.74, 6) is 0.556. The number of fused-ring (bicyclic) bond motifs is 1. The molecule has 0 saturated carbocycles. The fourth-order valence-corrected chi connectivity index (χ4v) is 4.38. The van der Waals surface area contributed by atoms with E-state index in [1.165, 1.54) is 0 Å². The van der Waals surface area contributed by atoms with Crippen LogP contribution < -0.4 is 15.1 Å². The zero-order chi connectivity index (χ0) is 22.6. The molecule has 2 aromatic heterocycles. The quantitative estimate of drug-likeness (QED) is 0.488. The molecule has 0 aliphatic carbocycles. The number of nitrogens with one attached hydrogen (secondary N) is 1. The largest absolute Gasteiger partial charge is 0.367 e. The predicted octanol–water partition coefficient (Wildman–Crippen LogP) is 3.93. The maximum atomic E-state index is 12.9. The van der Waals surface area contributed by atoms with Crippen molar-refractivity contribution >= 4 is 39.8 Å². The van der Waals surface area contributed by atoms with E-state index in [2.05, 4.69) is 30.3 Å². The van der Waals surface area contributed by atoms with E-state index in [0.717, 1.165) is 59.0 Å². The van der Waals surface area contributed by atoms with E-state index < -0.39 is 0 Å². The summed E-state index contributed by atoms with van der Waals surface area (Å²) >= 11 is 6.38. The molecular formula is C25H23ClN6O. The number of hydrogen-bond acceptors (Lipinski definition) is 6. The van der Waals surface area contributed by atoms with Crippen LogP contribution in [0.15, 0.2) is 73.1 Å². The first kappa shape index (κ1) is 21.2. The fraction of sp³-hybridized carbons (Fsp3) is 0.200. The van der Waals surface area contributed by atoms with Gasteiger partial charge in [-0.05, 0) is 29.8 Å². The molecule has 4 aromatic rings. The van der Waals surface area contributed by atoms with Crippen LogP contribution in [0.25, 0.3) is 10.8 Å². The lowest BCUT2D eigenvalue weighted by atomic mass is 10.1. The molecule has 7 nitrogen and oxygen atoms in total. The van der Waals surface area contributed by atoms with Gasteiger partial charge in [-0.15, -0.1) is 10.2 Å². The van der Waals surface area contributed by atoms with E-state index in [9.17, 15) is 4.79 Å². The van der Waals surface area contributed by atoms with Crippen LogP contribution in [-0.4, -0.2) is 47.3 Å². The zero-order valence-corrected chi connectivity index (χ0v) is 18.7. The molecule has 1 fully saturated rings. The molecule has 0 spiro atoms. The summed E-state index contributed by atoms with van der Waals surface area (Å²) < 4.78 is 0. The van der Waals surface area contributed by atoms with Crippen LogP contribution in [0, 0.1) is 0 Å². The van der Waals surface area contributed by atoms with Crippen LogP contribution in [0.4, 0.5) is 11.5 Å². The highest BCUT2D eigenvalue weighted by atomic mass is 35.5. The van der Waals surface area contributed by atoms with Crippen molar-refractivity contribution in [2.75, 3.05) is 36.0 Å². The highest BCUT2D eigenvalue weighted by molar-refractivity contribution is 6.33. The Bertz CT molecular complexity index is 1270. The number of hydrogen-bond donors (Lipinski definition) is 1. The first-order valence-electron chi connectivity index (χ1n) is 10.9. The van der Waals surface area contributed by atoms with Crippen molar-refractivity contribution in [1.82, 2.24) is 20.5 Å². The summed E-state index contributed by atoms with van der Waals surface area (Å²) in [5.41, 5.74) is 2.36. The Hall–Kier alpha value is -3.71. The van der Waals surface area contributed by atoms with E-state index >= 15 is 0 Å². The molecular weight excluding hydrogens is 436 g/mol. The first-order chi connectivity index (χ1) is 16.2. The second kappa shape index (κ2) is 9.42. The van der Waals surface area contributed by atoms with Crippen molar-refractivity contribution in [2.45, 2.75) is 6.54 Å². The number of nitrogens with zero attached hydrogens (tertiary/aromatic N) is 5. The predicted molar refractivity (Wildman–Crippen MR) is 131 cm³/mol. The van der Waals surface area contributed by atoms with Crippen LogP contribution in [0.5, 0.6) is 0 Å². The molecule has 0 atom stereocenters. The van der Waals surface area contributed by atoms with Gasteiger partial charge in [-0.1, -0.05) is 48.0 Å². The molecule has 1 aliphatic rings. The number of aromatic nitrogens is 3. The van der Waals surface area contributed by atoms with E-state index in [0.29, 0.717) is 12.2 Å². The Morgan fingerprint density at radius 2 is 1.52 bits per heavy atom. The SMILES string of the molecule is O=C(NCc1ccncc1)c1nnc(N2CCN(c3ccccc3Cl)CC2)c2ccccc12. The van der Waals surface area contributed by atoms with Gasteiger partial charge in [0.15, 0.2) is 11.5 Å². The summed E-state index contributed by atoms with van der Waals surface area (Å²) in [4.78, 5) is 21.4. The molecule has 0 unspecified atom stereocenters. The van der Waals surface area contributed by atoms with Gasteiger partial charge in [0.1, 0.15) is 0 Å². The molecule has 1 N–H and O–H groups in total. The maximum absolute atomic E-state index is 12.9. The highest BCUT2D eigenvalue weighted by Gasteiger charge is 2.23. The lowest BCUT2D eigenvalue weighted by Crippen LogP contribution is -2.47. The Morgan fingerprint density at radius 3 is 2.27 bits per heavy atom. The van der Waals surface area contributed by atoms with Gasteiger partial charge in [0.05, 0.1) is 10.7 Å². The molecule has 33 heavy (non-hydrogen) atoms. The van der Waals surface area contributed by atoms with Crippen LogP contribution in [0.2, 0.25) is 5.02 Å². The third-order valence-corrected chi connectivity index (χ3v) is 6.18. The Kier molecular flexibility index (Phi) is 6.04. The molecule has 166 valence electrons. The highest BCUT2D eigenvalue weighted by Crippen LogP contribution is 2.29. The molecule has 8 heteroatoms. The standard InChI is InChI=1S/C25H23ClN6O/c26-21-7-3-4-8-22(21)31-13-15-32(16-14-31)24-20-6-2-1-5-19(20)23(29-30-24)25(33)28-17-18-9-11-27-12-10-18/h1-12H,13-17H2,(H,28,33). The number of carbonyl (C=O) groups is 1. The Labute approximate surface area is 197 Å². The molecule has 1 aliphatic heterocycles. The number of anilines is 2. The molecule has 1 saturated heterocycles. The van der Waals surface area contributed by atoms with E-state index in [1.54, 1.807) is 12.4 Å². The summed E-state index contributed by atoms with van der Waals surface area (Å²) in [7, 11) is 0. The van der Waals surface area contributed by atoms with Crippen molar-refractivity contribution in [3.05, 3.63) is 89.3 Å². The van der Waals surface area contributed by atoms with Gasteiger partial charge in [-0.25, -0.2) is 0 Å². The van der Waals surface area contributed by atoms with Gasteiger partial charge in [0.2, 0.25) is 0 Å². The number of para-hydroxylation sites is 1. The third kappa shape index (κ3) is 4.45. The van der Waals surface area contributed by atoms with E-state index in [4.69, 9.17) is 11.6 Å². The van der Waals surface area contributed by atoms with Gasteiger partial charge < -0.3 is 15.1 Å². The van der Waals surface area contributed by atoms with Crippen molar-refractivity contribution in [1.29, 1.82) is 0 Å². The number of amides is 1. The maximum Gasteiger partial charge on any atom is 0.272 e. The van der Waals surface area contributed by atoms with Crippen LogP contribution in [0.3, 0.4) is 0 Å². The summed E-state index contributed by atoms with van der Waals surface area (Å²) in [6, 6.07) is 19.5. The van der Waals surface area contributed by atoms with Crippen molar-refractivity contribution in [3.63, 3.8) is 0 Å². The zero-order valence-electron chi connectivity index (χ0n) is 18.0. The normalized spacial score (nSPS) is 13.8. The van der Waals surface area contributed by atoms with E-state index in [-0.39, 0.29) is 5.91 Å². The van der Waals surface area contributed by atoms with Gasteiger partial charge in [0.25, 0.3) is 5.91 Å². The number of piperazine rings is 1. The molecule has 5 rings (SSSR count). The lowest BCUT2D eigenvalue weighted by molar-refractivity contribution is 0.0947. The van der Waals surface area contributed by atoms with E-state index in [1.807, 2.05) is 60.7 Å². The third-order valence-electron chi connectivity index (χ3n) is 5.86. The summed E-state index contributed by atoms with van der Waals surface area (Å²) in [6.07, 6.45) is 3.41. The molecule has 0 radical (unpaired) electrons. The molecule has 1 amide bonds. The minimum atomic E-state index is -0.245. The number of benzene rings is 2. The minimum Gasteiger partial charge on any atom is -0.367 e. The van der Waals surface area contributed by atoms with Crippen molar-refractivity contribution in [3.8, 4) is 0 Å². The van der Waals surface area contributed by atoms with Gasteiger partial charge >= 0.3 is 0 Å². The number of pyridine rings is 1. The molecule has 0 bridgehead atoms. The topological polar surface area (TPSA) is 74.2 Å². The Balaban J connectivity index is 1.35. The average molecular weight is 459 g/mol. The van der Waals surface area contributed by atoms with Crippen LogP contribution in [0.1, 0.15) is 16.1 Å². The number of halogens is 1. The van der Waals surface area contributed by atoms with Gasteiger partial charge in [0, 0.05) is 55.9 Å². The number of rotatable bonds is 5. The first-order valence-corrected chi connectivity index (χ1v) is 11.3. The second-order valence-corrected chi connectivity index (χ2v) is 8.29. The monoisotopic (exact) mass is 458 g/mol. The smallest absolute Gasteiger partial charge is 0.272 e. The summed E-state index contributed by atoms with van der Waals surface area (Å²) in [5, 5.41) is 14.2. The van der Waals surface area contributed by atoms with Crippen LogP contribution >= 0.6 is 11.6 Å². The van der Waals surface area contributed by atoms with Gasteiger partial charge in [-0.2, -0.15) is 0 Å². The van der Waals surface area contributed by atoms with Gasteiger partial charge in [-0.3, -0.25) is 9.78 Å². The summed E-state index contributed by atoms with van der Waals surface area (Å²) in [6.45, 7) is 3.64. The Morgan fingerprint density at radius 1 is 0.848 bits per heavy atom. The molecule has 3 heterocycles.